The molecule has 0 aliphatic heterocycles. The van der Waals surface area contributed by atoms with Crippen molar-refractivity contribution in [2.45, 2.75) is 18.7 Å². The summed E-state index contributed by atoms with van der Waals surface area (Å²) >= 11 is 12.0. The Bertz CT molecular complexity index is 774. The molecule has 2 aromatic rings. The van der Waals surface area contributed by atoms with Crippen LogP contribution in [-0.2, 0) is 10.0 Å². The summed E-state index contributed by atoms with van der Waals surface area (Å²) in [5.74, 6) is 0.652. The smallest absolute Gasteiger partial charge is 0.124 e. The Kier molecular flexibility index (Phi) is 5.21. The van der Waals surface area contributed by atoms with Gasteiger partial charge in [0.2, 0.25) is 0 Å². The van der Waals surface area contributed by atoms with E-state index >= 15 is 0 Å². The minimum Gasteiger partial charge on any atom is -0.573 e. The van der Waals surface area contributed by atoms with E-state index < -0.39 is 10.0 Å². The van der Waals surface area contributed by atoms with Gasteiger partial charge in [-0.15, -0.1) is 5.69 Å². The molecule has 0 bridgehead atoms. The van der Waals surface area contributed by atoms with Crippen molar-refractivity contribution >= 4 is 38.9 Å². The lowest BCUT2D eigenvalue weighted by Crippen LogP contribution is -2.00. The molecule has 0 radical (unpaired) electrons. The molecule has 0 amide bonds. The lowest BCUT2D eigenvalue weighted by molar-refractivity contribution is 0.340. The molecular weight excluding hydrogens is 345 g/mol. The summed E-state index contributed by atoms with van der Waals surface area (Å²) in [5, 5.41) is 0.493. The zero-order valence-corrected chi connectivity index (χ0v) is 14.3. The van der Waals surface area contributed by atoms with Crippen LogP contribution in [0.25, 0.3) is 4.72 Å². The zero-order chi connectivity index (χ0) is 16.3. The third-order valence-electron chi connectivity index (χ3n) is 2.94. The highest BCUT2D eigenvalue weighted by atomic mass is 35.5. The van der Waals surface area contributed by atoms with Gasteiger partial charge in [-0.2, -0.15) is 0 Å². The summed E-state index contributed by atoms with van der Waals surface area (Å²) in [7, 11) is -3.91. The highest BCUT2D eigenvalue weighted by Crippen LogP contribution is 2.36. The van der Waals surface area contributed by atoms with Crippen molar-refractivity contribution in [1.82, 2.24) is 0 Å². The fraction of sp³-hybridized carbons (Fsp3) is 0.200. The van der Waals surface area contributed by atoms with Crippen LogP contribution in [0.4, 0.5) is 5.69 Å². The molecule has 0 N–H and O–H groups in total. The number of benzene rings is 2. The second-order valence-electron chi connectivity index (χ2n) is 4.48. The summed E-state index contributed by atoms with van der Waals surface area (Å²) in [5.41, 5.74) is 0.804. The normalized spacial score (nSPS) is 11.3. The lowest BCUT2D eigenvalue weighted by Gasteiger charge is -2.23. The van der Waals surface area contributed by atoms with E-state index in [4.69, 9.17) is 27.9 Å². The first-order valence-electron chi connectivity index (χ1n) is 6.50. The van der Waals surface area contributed by atoms with Crippen molar-refractivity contribution in [1.29, 1.82) is 0 Å². The number of nitrogens with zero attached hydrogens (tertiary/aromatic N) is 1. The van der Waals surface area contributed by atoms with Gasteiger partial charge in [0.05, 0.1) is 16.5 Å². The van der Waals surface area contributed by atoms with Crippen LogP contribution in [0, 0.1) is 6.92 Å². The average molecular weight is 359 g/mol. The molecule has 0 aliphatic carbocycles. The van der Waals surface area contributed by atoms with Gasteiger partial charge in [-0.3, -0.25) is 0 Å². The van der Waals surface area contributed by atoms with E-state index in [0.717, 1.165) is 0 Å². The molecule has 0 saturated carbocycles. The van der Waals surface area contributed by atoms with Crippen LogP contribution < -0.4 is 4.74 Å². The minimum absolute atomic E-state index is 0.0649. The molecule has 0 saturated heterocycles. The van der Waals surface area contributed by atoms with Crippen LogP contribution in [-0.4, -0.2) is 15.0 Å². The van der Waals surface area contributed by atoms with Gasteiger partial charge in [0.15, 0.2) is 0 Å². The van der Waals surface area contributed by atoms with Gasteiger partial charge in [-0.1, -0.05) is 35.3 Å². The van der Waals surface area contributed by atoms with Crippen LogP contribution in [0.2, 0.25) is 10.0 Å². The van der Waals surface area contributed by atoms with Crippen molar-refractivity contribution in [2.75, 3.05) is 6.61 Å². The van der Waals surface area contributed by atoms with E-state index in [9.17, 15) is 8.42 Å². The first-order chi connectivity index (χ1) is 10.3. The fourth-order valence-electron chi connectivity index (χ4n) is 1.79. The molecule has 0 aromatic heterocycles. The highest BCUT2D eigenvalue weighted by molar-refractivity contribution is 7.94. The Morgan fingerprint density at radius 2 is 1.73 bits per heavy atom. The molecule has 2 rings (SSSR count). The molecule has 0 atom stereocenters. The summed E-state index contributed by atoms with van der Waals surface area (Å²) in [6.07, 6.45) is 0. The Hall–Kier alpha value is -1.43. The van der Waals surface area contributed by atoms with Gasteiger partial charge < -0.3 is 9.46 Å². The monoisotopic (exact) mass is 358 g/mol. The summed E-state index contributed by atoms with van der Waals surface area (Å²) in [6, 6.07) is 9.30. The quantitative estimate of drug-likeness (QED) is 0.747. The van der Waals surface area contributed by atoms with E-state index in [-0.39, 0.29) is 9.92 Å². The Balaban J connectivity index is 2.30. The summed E-state index contributed by atoms with van der Waals surface area (Å²) in [4.78, 5) is -0.0649. The molecule has 0 heterocycles. The van der Waals surface area contributed by atoms with Crippen LogP contribution in [0.5, 0.6) is 5.75 Å². The van der Waals surface area contributed by atoms with Crippen LogP contribution in [0.1, 0.15) is 12.5 Å². The fourth-order valence-corrected chi connectivity index (χ4v) is 3.57. The standard InChI is InChI=1S/C15H14Cl2NO3S/c1-3-21-12-6-4-11(5-7-12)18-22(19,20)14-9-8-13(16)10(2)15(14)17/h4-9H,3H2,1-2H3/q-1. The number of rotatable bonds is 5. The number of sulfonamides is 1. The van der Waals surface area contributed by atoms with Gasteiger partial charge in [-0.05, 0) is 43.7 Å². The van der Waals surface area contributed by atoms with Crippen LogP contribution >= 0.6 is 23.2 Å². The Morgan fingerprint density at radius 3 is 2.32 bits per heavy atom. The van der Waals surface area contributed by atoms with Crippen molar-refractivity contribution in [3.63, 3.8) is 0 Å². The molecule has 0 aliphatic rings. The SMILES string of the molecule is CCOc1ccc([N-]S(=O)(=O)c2ccc(Cl)c(C)c2Cl)cc1. The van der Waals surface area contributed by atoms with E-state index in [0.29, 0.717) is 28.6 Å². The predicted octanol–water partition coefficient (Wildman–Crippen LogP) is 5.09. The Morgan fingerprint density at radius 1 is 1.09 bits per heavy atom. The molecule has 4 nitrogen and oxygen atoms in total. The molecule has 2 aromatic carbocycles. The Labute approximate surface area is 140 Å². The van der Waals surface area contributed by atoms with Crippen molar-refractivity contribution in [3.05, 3.63) is 56.7 Å². The second kappa shape index (κ2) is 6.77. The van der Waals surface area contributed by atoms with Gasteiger partial charge >= 0.3 is 0 Å². The van der Waals surface area contributed by atoms with Gasteiger partial charge in [0, 0.05) is 5.02 Å². The number of hydrogen-bond acceptors (Lipinski definition) is 3. The highest BCUT2D eigenvalue weighted by Gasteiger charge is 2.14. The average Bonchev–Trinajstić information content (AvgIpc) is 2.46. The maximum atomic E-state index is 12.4. The first-order valence-corrected chi connectivity index (χ1v) is 8.70. The maximum Gasteiger partial charge on any atom is 0.124 e. The minimum atomic E-state index is -3.91. The second-order valence-corrected chi connectivity index (χ2v) is 6.84. The molecule has 118 valence electrons. The lowest BCUT2D eigenvalue weighted by atomic mass is 10.2. The van der Waals surface area contributed by atoms with Gasteiger partial charge in [0.1, 0.15) is 15.8 Å². The maximum absolute atomic E-state index is 12.4. The number of halogens is 2. The van der Waals surface area contributed by atoms with E-state index in [2.05, 4.69) is 4.72 Å². The molecule has 0 spiro atoms. The van der Waals surface area contributed by atoms with E-state index in [1.165, 1.54) is 12.1 Å². The molecule has 0 fully saturated rings. The third kappa shape index (κ3) is 3.66. The van der Waals surface area contributed by atoms with E-state index in [1.54, 1.807) is 31.2 Å². The van der Waals surface area contributed by atoms with Crippen LogP contribution in [0.15, 0.2) is 41.3 Å². The third-order valence-corrected chi connectivity index (χ3v) is 5.29. The van der Waals surface area contributed by atoms with Crippen molar-refractivity contribution in [2.24, 2.45) is 0 Å². The first kappa shape index (κ1) is 16.9. The van der Waals surface area contributed by atoms with Crippen molar-refractivity contribution in [3.8, 4) is 5.75 Å². The van der Waals surface area contributed by atoms with Crippen LogP contribution in [0.3, 0.4) is 0 Å². The van der Waals surface area contributed by atoms with Gasteiger partial charge in [-0.25, -0.2) is 8.42 Å². The zero-order valence-electron chi connectivity index (χ0n) is 12.0. The predicted molar refractivity (Wildman–Crippen MR) is 89.0 cm³/mol. The summed E-state index contributed by atoms with van der Waals surface area (Å²) < 4.78 is 33.8. The number of ether oxygens (including phenoxy) is 1. The number of hydrogen-bond donors (Lipinski definition) is 0. The summed E-state index contributed by atoms with van der Waals surface area (Å²) in [6.45, 7) is 4.06. The largest absolute Gasteiger partial charge is 0.573 e. The van der Waals surface area contributed by atoms with Gasteiger partial charge in [0.25, 0.3) is 0 Å². The van der Waals surface area contributed by atoms with E-state index in [1.807, 2.05) is 6.92 Å². The van der Waals surface area contributed by atoms with Crippen molar-refractivity contribution < 1.29 is 13.2 Å². The molecular formula is C15H14Cl2NO3S-. The molecule has 22 heavy (non-hydrogen) atoms. The topological polar surface area (TPSA) is 57.5 Å². The molecule has 0 unspecified atom stereocenters. The molecule has 7 heteroatoms.